The molecule has 20 heavy (non-hydrogen) atoms. The van der Waals surface area contributed by atoms with Gasteiger partial charge in [0.2, 0.25) is 0 Å². The third-order valence-electron chi connectivity index (χ3n) is 4.52. The van der Waals surface area contributed by atoms with E-state index < -0.39 is 0 Å². The molecule has 0 aromatic heterocycles. The smallest absolute Gasteiger partial charge is 0.123 e. The van der Waals surface area contributed by atoms with Crippen LogP contribution in [0.1, 0.15) is 51.1 Å². The van der Waals surface area contributed by atoms with E-state index in [1.165, 1.54) is 25.7 Å². The molecule has 0 heterocycles. The van der Waals surface area contributed by atoms with Gasteiger partial charge in [0.15, 0.2) is 0 Å². The van der Waals surface area contributed by atoms with Crippen LogP contribution in [-0.2, 0) is 0 Å². The van der Waals surface area contributed by atoms with Gasteiger partial charge in [0.1, 0.15) is 11.5 Å². The van der Waals surface area contributed by atoms with Crippen LogP contribution < -0.4 is 14.8 Å². The van der Waals surface area contributed by atoms with Gasteiger partial charge in [0.05, 0.1) is 14.2 Å². The van der Waals surface area contributed by atoms with Gasteiger partial charge in [-0.25, -0.2) is 0 Å². The van der Waals surface area contributed by atoms with Crippen LogP contribution in [0.25, 0.3) is 0 Å². The lowest BCUT2D eigenvalue weighted by Crippen LogP contribution is -2.34. The average molecular weight is 277 g/mol. The van der Waals surface area contributed by atoms with E-state index in [1.54, 1.807) is 14.2 Å². The van der Waals surface area contributed by atoms with Crippen molar-refractivity contribution in [2.45, 2.75) is 51.6 Å². The summed E-state index contributed by atoms with van der Waals surface area (Å²) in [5, 5.41) is 3.73. The number of rotatable bonds is 6. The molecule has 3 heteroatoms. The molecule has 0 aliphatic heterocycles. The molecule has 0 amide bonds. The van der Waals surface area contributed by atoms with Gasteiger partial charge in [0, 0.05) is 17.6 Å². The van der Waals surface area contributed by atoms with Gasteiger partial charge in [-0.1, -0.05) is 12.8 Å². The predicted molar refractivity (Wildman–Crippen MR) is 82.5 cm³/mol. The van der Waals surface area contributed by atoms with Gasteiger partial charge in [-0.15, -0.1) is 0 Å². The molecule has 1 saturated carbocycles. The van der Waals surface area contributed by atoms with E-state index in [0.29, 0.717) is 6.04 Å². The summed E-state index contributed by atoms with van der Waals surface area (Å²) in [5.74, 6) is 2.61. The fraction of sp³-hybridized carbons (Fsp3) is 0.647. The van der Waals surface area contributed by atoms with Crippen molar-refractivity contribution in [3.63, 3.8) is 0 Å². The summed E-state index contributed by atoms with van der Waals surface area (Å²) in [4.78, 5) is 0. The molecule has 0 spiro atoms. The third kappa shape index (κ3) is 3.45. The molecule has 1 aliphatic carbocycles. The topological polar surface area (TPSA) is 30.5 Å². The van der Waals surface area contributed by atoms with Crippen LogP contribution in [0, 0.1) is 5.92 Å². The largest absolute Gasteiger partial charge is 0.497 e. The minimum atomic E-state index is 0.260. The Morgan fingerprint density at radius 2 is 1.80 bits per heavy atom. The highest BCUT2D eigenvalue weighted by atomic mass is 16.5. The van der Waals surface area contributed by atoms with E-state index in [0.717, 1.165) is 23.0 Å². The van der Waals surface area contributed by atoms with Gasteiger partial charge in [-0.3, -0.25) is 0 Å². The molecule has 1 aliphatic rings. The molecule has 1 aromatic carbocycles. The van der Waals surface area contributed by atoms with Crippen molar-refractivity contribution in [1.29, 1.82) is 0 Å². The van der Waals surface area contributed by atoms with Crippen LogP contribution in [0.2, 0.25) is 0 Å². The summed E-state index contributed by atoms with van der Waals surface area (Å²) >= 11 is 0. The molecule has 3 nitrogen and oxygen atoms in total. The molecular formula is C17H27NO2. The van der Waals surface area contributed by atoms with Crippen molar-refractivity contribution in [3.8, 4) is 11.5 Å². The summed E-state index contributed by atoms with van der Waals surface area (Å²) in [6, 6.07) is 6.79. The molecule has 1 aromatic rings. The van der Waals surface area contributed by atoms with Crippen molar-refractivity contribution in [3.05, 3.63) is 23.8 Å². The first kappa shape index (κ1) is 15.2. The summed E-state index contributed by atoms with van der Waals surface area (Å²) < 4.78 is 10.8. The van der Waals surface area contributed by atoms with Gasteiger partial charge in [-0.05, 0) is 50.8 Å². The molecule has 1 N–H and O–H groups in total. The van der Waals surface area contributed by atoms with Gasteiger partial charge < -0.3 is 14.8 Å². The molecule has 2 atom stereocenters. The second-order valence-corrected chi connectivity index (χ2v) is 5.83. The number of hydrogen-bond acceptors (Lipinski definition) is 3. The Hall–Kier alpha value is -1.22. The van der Waals surface area contributed by atoms with Crippen LogP contribution in [0.5, 0.6) is 11.5 Å². The average Bonchev–Trinajstić information content (AvgIpc) is 3.00. The highest BCUT2D eigenvalue weighted by molar-refractivity contribution is 5.42. The van der Waals surface area contributed by atoms with Crippen LogP contribution in [0.3, 0.4) is 0 Å². The number of nitrogens with one attached hydrogen (secondary N) is 1. The van der Waals surface area contributed by atoms with Crippen LogP contribution >= 0.6 is 0 Å². The van der Waals surface area contributed by atoms with Gasteiger partial charge in [0.25, 0.3) is 0 Å². The van der Waals surface area contributed by atoms with E-state index in [-0.39, 0.29) is 6.04 Å². The number of methoxy groups -OCH3 is 2. The lowest BCUT2D eigenvalue weighted by Gasteiger charge is -2.26. The van der Waals surface area contributed by atoms with Crippen molar-refractivity contribution in [2.75, 3.05) is 14.2 Å². The Labute approximate surface area is 122 Å². The maximum absolute atomic E-state index is 5.48. The molecular weight excluding hydrogens is 250 g/mol. The van der Waals surface area contributed by atoms with Crippen LogP contribution in [0.15, 0.2) is 18.2 Å². The van der Waals surface area contributed by atoms with Crippen LogP contribution in [0.4, 0.5) is 0 Å². The van der Waals surface area contributed by atoms with Crippen LogP contribution in [-0.4, -0.2) is 20.3 Å². The number of ether oxygens (including phenoxy) is 2. The second kappa shape index (κ2) is 6.98. The Morgan fingerprint density at radius 1 is 1.10 bits per heavy atom. The van der Waals surface area contributed by atoms with Crippen molar-refractivity contribution in [1.82, 2.24) is 5.32 Å². The SMILES string of the molecule is COc1ccc(OC)c(C(C)N[C@@H](C)C2CCCC2)c1. The Balaban J connectivity index is 2.08. The number of hydrogen-bond donors (Lipinski definition) is 1. The van der Waals surface area contributed by atoms with E-state index in [9.17, 15) is 0 Å². The first-order chi connectivity index (χ1) is 9.65. The lowest BCUT2D eigenvalue weighted by molar-refractivity contribution is 0.342. The fourth-order valence-electron chi connectivity index (χ4n) is 3.26. The summed E-state index contributed by atoms with van der Waals surface area (Å²) in [5.41, 5.74) is 1.16. The Bertz CT molecular complexity index is 427. The second-order valence-electron chi connectivity index (χ2n) is 5.83. The van der Waals surface area contributed by atoms with Crippen molar-refractivity contribution in [2.24, 2.45) is 5.92 Å². The lowest BCUT2D eigenvalue weighted by atomic mass is 9.97. The zero-order chi connectivity index (χ0) is 14.5. The summed E-state index contributed by atoms with van der Waals surface area (Å²) in [6.45, 7) is 4.50. The fourth-order valence-corrected chi connectivity index (χ4v) is 3.26. The minimum Gasteiger partial charge on any atom is -0.497 e. The highest BCUT2D eigenvalue weighted by Gasteiger charge is 2.23. The monoisotopic (exact) mass is 277 g/mol. The molecule has 1 fully saturated rings. The van der Waals surface area contributed by atoms with Gasteiger partial charge in [-0.2, -0.15) is 0 Å². The van der Waals surface area contributed by atoms with E-state index >= 15 is 0 Å². The molecule has 0 radical (unpaired) electrons. The summed E-state index contributed by atoms with van der Waals surface area (Å²) in [7, 11) is 3.42. The minimum absolute atomic E-state index is 0.260. The van der Waals surface area contributed by atoms with E-state index in [1.807, 2.05) is 12.1 Å². The maximum Gasteiger partial charge on any atom is 0.123 e. The normalized spacial score (nSPS) is 18.8. The van der Waals surface area contributed by atoms with Crippen molar-refractivity contribution >= 4 is 0 Å². The Morgan fingerprint density at radius 3 is 2.40 bits per heavy atom. The van der Waals surface area contributed by atoms with E-state index in [2.05, 4.69) is 25.2 Å². The highest BCUT2D eigenvalue weighted by Crippen LogP contribution is 2.32. The van der Waals surface area contributed by atoms with Crippen molar-refractivity contribution < 1.29 is 9.47 Å². The van der Waals surface area contributed by atoms with Gasteiger partial charge >= 0.3 is 0 Å². The third-order valence-corrected chi connectivity index (χ3v) is 4.52. The molecule has 2 rings (SSSR count). The molecule has 1 unspecified atom stereocenters. The zero-order valence-electron chi connectivity index (χ0n) is 13.1. The maximum atomic E-state index is 5.48. The zero-order valence-corrected chi connectivity index (χ0v) is 13.1. The molecule has 0 saturated heterocycles. The quantitative estimate of drug-likeness (QED) is 0.854. The summed E-state index contributed by atoms with van der Waals surface area (Å²) in [6.07, 6.45) is 5.48. The predicted octanol–water partition coefficient (Wildman–Crippen LogP) is 3.93. The Kier molecular flexibility index (Phi) is 5.30. The first-order valence-corrected chi connectivity index (χ1v) is 7.63. The number of benzene rings is 1. The van der Waals surface area contributed by atoms with E-state index in [4.69, 9.17) is 9.47 Å². The molecule has 112 valence electrons. The first-order valence-electron chi connectivity index (χ1n) is 7.63. The standard InChI is InChI=1S/C17H27NO2/c1-12(14-7-5-6-8-14)18-13(2)16-11-15(19-3)9-10-17(16)20-4/h9-14,18H,5-8H2,1-4H3/t12-,13?/m0/s1. The molecule has 0 bridgehead atoms.